The summed E-state index contributed by atoms with van der Waals surface area (Å²) < 4.78 is 37.7. The first-order valence-corrected chi connectivity index (χ1v) is 6.01. The smallest absolute Gasteiger partial charge is 0.380 e. The van der Waals surface area contributed by atoms with E-state index >= 15 is 0 Å². The Hall–Kier alpha value is -0.780. The summed E-state index contributed by atoms with van der Waals surface area (Å²) in [6.45, 7) is 5.64. The third-order valence-electron chi connectivity index (χ3n) is 3.15. The van der Waals surface area contributed by atoms with E-state index in [2.05, 4.69) is 0 Å². The second-order valence-corrected chi connectivity index (χ2v) is 6.15. The quantitative estimate of drug-likeness (QED) is 0.792. The summed E-state index contributed by atoms with van der Waals surface area (Å²) in [5.74, 6) is -0.147. The fourth-order valence-corrected chi connectivity index (χ4v) is 1.97. The van der Waals surface area contributed by atoms with E-state index in [0.29, 0.717) is 6.42 Å². The topological polar surface area (TPSA) is 40.5 Å². The summed E-state index contributed by atoms with van der Waals surface area (Å²) in [7, 11) is 0. The lowest BCUT2D eigenvalue weighted by atomic mass is 9.88. The number of carbonyl (C=O) groups excluding carboxylic acids is 1. The van der Waals surface area contributed by atoms with Crippen LogP contribution >= 0.6 is 0 Å². The van der Waals surface area contributed by atoms with Gasteiger partial charge in [-0.25, -0.2) is 0 Å². The summed E-state index contributed by atoms with van der Waals surface area (Å²) in [5.41, 5.74) is -2.82. The molecule has 18 heavy (non-hydrogen) atoms. The maximum Gasteiger partial charge on any atom is 0.417 e. The lowest BCUT2D eigenvalue weighted by molar-refractivity contribution is -0.272. The largest absolute Gasteiger partial charge is 0.417 e. The van der Waals surface area contributed by atoms with Gasteiger partial charge < -0.3 is 10.0 Å². The van der Waals surface area contributed by atoms with E-state index in [-0.39, 0.29) is 24.4 Å². The molecule has 0 aromatic heterocycles. The molecule has 1 N–H and O–H groups in total. The summed E-state index contributed by atoms with van der Waals surface area (Å²) in [6, 6.07) is 0. The number of carbonyl (C=O) groups is 1. The Morgan fingerprint density at radius 1 is 1.22 bits per heavy atom. The molecule has 0 atom stereocenters. The highest BCUT2D eigenvalue weighted by molar-refractivity contribution is 5.76. The number of alkyl halides is 3. The Kier molecular flexibility index (Phi) is 4.00. The molecule has 0 bridgehead atoms. The summed E-state index contributed by atoms with van der Waals surface area (Å²) >= 11 is 0. The first kappa shape index (κ1) is 15.3. The van der Waals surface area contributed by atoms with Crippen LogP contribution in [0.2, 0.25) is 0 Å². The van der Waals surface area contributed by atoms with Crippen molar-refractivity contribution < 1.29 is 23.1 Å². The number of nitrogens with zero attached hydrogens (tertiary/aromatic N) is 1. The zero-order valence-electron chi connectivity index (χ0n) is 11.0. The molecule has 0 aromatic carbocycles. The first-order valence-electron chi connectivity index (χ1n) is 6.01. The van der Waals surface area contributed by atoms with Crippen molar-refractivity contribution >= 4 is 5.91 Å². The third kappa shape index (κ3) is 3.60. The van der Waals surface area contributed by atoms with Gasteiger partial charge in [-0.1, -0.05) is 20.8 Å². The van der Waals surface area contributed by atoms with Crippen molar-refractivity contribution in [1.82, 2.24) is 4.90 Å². The van der Waals surface area contributed by atoms with Crippen molar-refractivity contribution in [3.05, 3.63) is 0 Å². The number of piperidine rings is 1. The molecule has 0 aromatic rings. The molecule has 0 saturated carbocycles. The molecular formula is C12H20F3NO2. The monoisotopic (exact) mass is 267 g/mol. The Morgan fingerprint density at radius 2 is 1.67 bits per heavy atom. The van der Waals surface area contributed by atoms with Gasteiger partial charge in [0.1, 0.15) is 0 Å². The number of amides is 1. The van der Waals surface area contributed by atoms with E-state index in [1.54, 1.807) is 0 Å². The van der Waals surface area contributed by atoms with Crippen LogP contribution in [0.4, 0.5) is 13.2 Å². The van der Waals surface area contributed by atoms with Gasteiger partial charge in [0.25, 0.3) is 0 Å². The second-order valence-electron chi connectivity index (χ2n) is 6.15. The van der Waals surface area contributed by atoms with Crippen LogP contribution in [0.15, 0.2) is 0 Å². The maximum absolute atomic E-state index is 12.6. The van der Waals surface area contributed by atoms with Crippen LogP contribution in [0.5, 0.6) is 0 Å². The lowest BCUT2D eigenvalue weighted by Crippen LogP contribution is -2.54. The van der Waals surface area contributed by atoms with E-state index in [4.69, 9.17) is 0 Å². The number of hydrogen-bond donors (Lipinski definition) is 1. The van der Waals surface area contributed by atoms with Gasteiger partial charge in [0.05, 0.1) is 0 Å². The molecule has 106 valence electrons. The standard InChI is InChI=1S/C12H20F3NO2/c1-10(2,3)8-9(17)16-6-4-11(18,5-7-16)12(13,14)15/h18H,4-8H2,1-3H3. The number of rotatable bonds is 1. The van der Waals surface area contributed by atoms with Crippen LogP contribution in [0, 0.1) is 5.41 Å². The minimum Gasteiger partial charge on any atom is -0.380 e. The van der Waals surface area contributed by atoms with Gasteiger partial charge >= 0.3 is 6.18 Å². The van der Waals surface area contributed by atoms with Gasteiger partial charge in [-0.05, 0) is 5.41 Å². The van der Waals surface area contributed by atoms with Crippen molar-refractivity contribution in [2.24, 2.45) is 5.41 Å². The minimum absolute atomic E-state index is 0.0368. The summed E-state index contributed by atoms with van der Waals surface area (Å²) in [6.07, 6.45) is -5.19. The molecule has 0 spiro atoms. The van der Waals surface area contributed by atoms with Crippen LogP contribution < -0.4 is 0 Å². The van der Waals surface area contributed by atoms with Crippen LogP contribution in [-0.4, -0.2) is 40.8 Å². The second kappa shape index (κ2) is 4.72. The zero-order valence-corrected chi connectivity index (χ0v) is 11.0. The third-order valence-corrected chi connectivity index (χ3v) is 3.15. The van der Waals surface area contributed by atoms with E-state index in [9.17, 15) is 23.1 Å². The maximum atomic E-state index is 12.6. The molecule has 1 aliphatic rings. The highest BCUT2D eigenvalue weighted by atomic mass is 19.4. The molecule has 1 fully saturated rings. The van der Waals surface area contributed by atoms with Crippen molar-refractivity contribution in [3.63, 3.8) is 0 Å². The van der Waals surface area contributed by atoms with Crippen LogP contribution in [-0.2, 0) is 4.79 Å². The van der Waals surface area contributed by atoms with Crippen molar-refractivity contribution in [1.29, 1.82) is 0 Å². The Labute approximate surface area is 105 Å². The van der Waals surface area contributed by atoms with Gasteiger partial charge in [0.2, 0.25) is 5.91 Å². The molecule has 1 rings (SSSR count). The number of halogens is 3. The van der Waals surface area contributed by atoms with Crippen molar-refractivity contribution in [2.45, 2.75) is 51.8 Å². The fraction of sp³-hybridized carbons (Fsp3) is 0.917. The molecule has 1 aliphatic heterocycles. The normalized spacial score (nSPS) is 20.9. The van der Waals surface area contributed by atoms with Crippen LogP contribution in [0.1, 0.15) is 40.0 Å². The van der Waals surface area contributed by atoms with Crippen LogP contribution in [0.25, 0.3) is 0 Å². The van der Waals surface area contributed by atoms with Gasteiger partial charge in [-0.2, -0.15) is 13.2 Å². The van der Waals surface area contributed by atoms with Crippen LogP contribution in [0.3, 0.4) is 0 Å². The van der Waals surface area contributed by atoms with Crippen molar-refractivity contribution in [3.8, 4) is 0 Å². The number of hydrogen-bond acceptors (Lipinski definition) is 2. The van der Waals surface area contributed by atoms with Gasteiger partial charge in [0, 0.05) is 32.4 Å². The lowest BCUT2D eigenvalue weighted by Gasteiger charge is -2.39. The zero-order chi connectivity index (χ0) is 14.2. The molecule has 6 heteroatoms. The van der Waals surface area contributed by atoms with Crippen molar-refractivity contribution in [2.75, 3.05) is 13.1 Å². The SMILES string of the molecule is CC(C)(C)CC(=O)N1CCC(O)(C(F)(F)F)CC1. The van der Waals surface area contributed by atoms with E-state index in [1.807, 2.05) is 20.8 Å². The number of likely N-dealkylation sites (tertiary alicyclic amines) is 1. The Morgan fingerprint density at radius 3 is 2.00 bits per heavy atom. The molecule has 1 heterocycles. The first-order chi connectivity index (χ1) is 7.95. The van der Waals surface area contributed by atoms with E-state index in [0.717, 1.165) is 0 Å². The Balaban J connectivity index is 2.57. The molecule has 0 unspecified atom stereocenters. The molecule has 1 amide bonds. The highest BCUT2D eigenvalue weighted by Crippen LogP contribution is 2.38. The van der Waals surface area contributed by atoms with E-state index in [1.165, 1.54) is 4.90 Å². The molecule has 3 nitrogen and oxygen atoms in total. The molecule has 0 radical (unpaired) electrons. The average molecular weight is 267 g/mol. The van der Waals surface area contributed by atoms with Gasteiger partial charge in [0.15, 0.2) is 5.60 Å². The highest BCUT2D eigenvalue weighted by Gasteiger charge is 2.54. The predicted octanol–water partition coefficient (Wildman–Crippen LogP) is 2.34. The molecule has 0 aliphatic carbocycles. The average Bonchev–Trinajstić information content (AvgIpc) is 2.14. The summed E-state index contributed by atoms with van der Waals surface area (Å²) in [4.78, 5) is 13.2. The molecule has 1 saturated heterocycles. The van der Waals surface area contributed by atoms with E-state index < -0.39 is 24.6 Å². The molecular weight excluding hydrogens is 247 g/mol. The minimum atomic E-state index is -4.62. The van der Waals surface area contributed by atoms with Gasteiger partial charge in [-0.3, -0.25) is 4.79 Å². The predicted molar refractivity (Wildman–Crippen MR) is 60.9 cm³/mol. The van der Waals surface area contributed by atoms with Gasteiger partial charge in [-0.15, -0.1) is 0 Å². The number of aliphatic hydroxyl groups is 1. The fourth-order valence-electron chi connectivity index (χ4n) is 1.97. The summed E-state index contributed by atoms with van der Waals surface area (Å²) in [5, 5.41) is 9.48. The Bertz CT molecular complexity index is 312.